The lowest BCUT2D eigenvalue weighted by molar-refractivity contribution is -0.0686. The molecule has 0 N–H and O–H groups in total. The molecule has 3 rings (SSSR count). The van der Waals surface area contributed by atoms with Gasteiger partial charge >= 0.3 is 0 Å². The first-order chi connectivity index (χ1) is 17.4. The Morgan fingerprint density at radius 2 is 1.58 bits per heavy atom. The summed E-state index contributed by atoms with van der Waals surface area (Å²) in [7, 11) is 0. The van der Waals surface area contributed by atoms with E-state index < -0.39 is 0 Å². The zero-order valence-corrected chi connectivity index (χ0v) is 23.8. The van der Waals surface area contributed by atoms with Crippen LogP contribution in [0, 0.1) is 6.92 Å². The van der Waals surface area contributed by atoms with Gasteiger partial charge in [0.15, 0.2) is 5.82 Å². The normalized spacial score (nSPS) is 18.4. The molecule has 1 aromatic heterocycles. The zero-order valence-electron chi connectivity index (χ0n) is 23.8. The molecule has 0 spiro atoms. The summed E-state index contributed by atoms with van der Waals surface area (Å²) in [6, 6.07) is 6.55. The first-order valence-electron chi connectivity index (χ1n) is 14.2. The number of morpholine rings is 1. The molecule has 0 aliphatic carbocycles. The average Bonchev–Trinajstić information content (AvgIpc) is 2.85. The fourth-order valence-corrected chi connectivity index (χ4v) is 5.45. The number of aryl methyl sites for hydroxylation is 3. The van der Waals surface area contributed by atoms with E-state index >= 15 is 0 Å². The molecule has 0 radical (unpaired) electrons. The summed E-state index contributed by atoms with van der Waals surface area (Å²) in [6.07, 6.45) is 5.60. The number of ether oxygens (including phenoxy) is 2. The molecule has 0 saturated carbocycles. The Morgan fingerprint density at radius 1 is 0.972 bits per heavy atom. The maximum absolute atomic E-state index is 6.49. The minimum absolute atomic E-state index is 0.288. The van der Waals surface area contributed by atoms with Crippen molar-refractivity contribution >= 4 is 5.69 Å². The molecule has 1 fully saturated rings. The summed E-state index contributed by atoms with van der Waals surface area (Å²) in [6.45, 7) is 20.9. The molecule has 0 amide bonds. The summed E-state index contributed by atoms with van der Waals surface area (Å²) in [5.74, 6) is 1.53. The minimum atomic E-state index is 0.288. The third-order valence-electron chi connectivity index (χ3n) is 6.90. The number of hydrogen-bond acceptors (Lipinski definition) is 6. The van der Waals surface area contributed by atoms with E-state index in [2.05, 4.69) is 76.5 Å². The Morgan fingerprint density at radius 3 is 2.14 bits per heavy atom. The van der Waals surface area contributed by atoms with Crippen LogP contribution in [-0.2, 0) is 17.6 Å². The van der Waals surface area contributed by atoms with Crippen LogP contribution in [0.2, 0.25) is 0 Å². The van der Waals surface area contributed by atoms with Crippen molar-refractivity contribution in [1.82, 2.24) is 14.9 Å². The lowest BCUT2D eigenvalue weighted by Gasteiger charge is -2.35. The first kappa shape index (κ1) is 28.4. The summed E-state index contributed by atoms with van der Waals surface area (Å²) < 4.78 is 12.4. The lowest BCUT2D eigenvalue weighted by Crippen LogP contribution is -2.45. The second-order valence-electron chi connectivity index (χ2n) is 10.2. The van der Waals surface area contributed by atoms with Crippen LogP contribution in [0.25, 0.3) is 11.4 Å². The lowest BCUT2D eigenvalue weighted by atomic mass is 9.97. The van der Waals surface area contributed by atoms with Gasteiger partial charge in [0.05, 0.1) is 24.5 Å². The number of benzene rings is 1. The van der Waals surface area contributed by atoms with E-state index in [4.69, 9.17) is 19.4 Å². The average molecular weight is 497 g/mol. The van der Waals surface area contributed by atoms with Crippen molar-refractivity contribution in [3.05, 3.63) is 35.0 Å². The Balaban J connectivity index is 1.90. The van der Waals surface area contributed by atoms with Crippen molar-refractivity contribution in [1.29, 1.82) is 0 Å². The summed E-state index contributed by atoms with van der Waals surface area (Å²) in [5.41, 5.74) is 5.82. The van der Waals surface area contributed by atoms with Gasteiger partial charge in [-0.05, 0) is 64.0 Å². The number of nitrogens with zero attached hydrogens (tertiary/aromatic N) is 4. The van der Waals surface area contributed by atoms with Crippen LogP contribution >= 0.6 is 0 Å². The van der Waals surface area contributed by atoms with E-state index in [0.29, 0.717) is 6.61 Å². The molecular weight excluding hydrogens is 448 g/mol. The van der Waals surface area contributed by atoms with Gasteiger partial charge in [0.1, 0.15) is 5.69 Å². The molecule has 1 aliphatic rings. The molecule has 6 heteroatoms. The molecule has 1 aromatic carbocycles. The van der Waals surface area contributed by atoms with Gasteiger partial charge in [0, 0.05) is 38.3 Å². The largest absolute Gasteiger partial charge is 0.476 e. The minimum Gasteiger partial charge on any atom is -0.476 e. The third-order valence-corrected chi connectivity index (χ3v) is 6.90. The maximum atomic E-state index is 6.49. The number of aromatic nitrogens is 2. The van der Waals surface area contributed by atoms with Gasteiger partial charge in [-0.1, -0.05) is 45.9 Å². The highest BCUT2D eigenvalue weighted by molar-refractivity contribution is 5.69. The first-order valence-corrected chi connectivity index (χ1v) is 14.2. The zero-order chi connectivity index (χ0) is 26.1. The molecular formula is C30H48N4O2. The quantitative estimate of drug-likeness (QED) is 0.313. The smallest absolute Gasteiger partial charge is 0.241 e. The van der Waals surface area contributed by atoms with Crippen molar-refractivity contribution in [3.8, 4) is 17.3 Å². The monoisotopic (exact) mass is 496 g/mol. The molecule has 0 bridgehead atoms. The standard InChI is InChI=1S/C30H48N4O2/c1-8-16-34(17-9-2)28-24(7)31-29(27-25(10-3)14-12-15-26(27)11-4)32-30(28)35-19-13-18-33-20-22(5)36-23(6)21-33/h12,14-15,22-23H,8-11,13,16-21H2,1-7H3/t22-,23+. The van der Waals surface area contributed by atoms with Gasteiger partial charge in [-0.2, -0.15) is 4.98 Å². The maximum Gasteiger partial charge on any atom is 0.241 e. The van der Waals surface area contributed by atoms with Crippen LogP contribution in [0.15, 0.2) is 18.2 Å². The highest BCUT2D eigenvalue weighted by atomic mass is 16.5. The van der Waals surface area contributed by atoms with Gasteiger partial charge in [0.2, 0.25) is 5.88 Å². The van der Waals surface area contributed by atoms with Gasteiger partial charge in [0.25, 0.3) is 0 Å². The van der Waals surface area contributed by atoms with Crippen LogP contribution in [-0.4, -0.2) is 66.4 Å². The van der Waals surface area contributed by atoms with E-state index in [1.54, 1.807) is 0 Å². The molecule has 0 unspecified atom stereocenters. The summed E-state index contributed by atoms with van der Waals surface area (Å²) >= 11 is 0. The molecule has 1 aliphatic heterocycles. The second-order valence-corrected chi connectivity index (χ2v) is 10.2. The summed E-state index contributed by atoms with van der Waals surface area (Å²) in [4.78, 5) is 15.1. The second kappa shape index (κ2) is 13.9. The Labute approximate surface area is 219 Å². The Hall–Kier alpha value is -2.18. The van der Waals surface area contributed by atoms with Crippen molar-refractivity contribution in [2.45, 2.75) is 92.8 Å². The Bertz CT molecular complexity index is 926. The number of rotatable bonds is 13. The van der Waals surface area contributed by atoms with Crippen molar-refractivity contribution in [2.24, 2.45) is 0 Å². The van der Waals surface area contributed by atoms with Gasteiger partial charge < -0.3 is 14.4 Å². The van der Waals surface area contributed by atoms with Crippen molar-refractivity contribution in [3.63, 3.8) is 0 Å². The van der Waals surface area contributed by atoms with Crippen LogP contribution < -0.4 is 9.64 Å². The number of anilines is 1. The van der Waals surface area contributed by atoms with Gasteiger partial charge in [-0.3, -0.25) is 4.90 Å². The fraction of sp³-hybridized carbons (Fsp3) is 0.667. The van der Waals surface area contributed by atoms with E-state index in [9.17, 15) is 0 Å². The predicted octanol–water partition coefficient (Wildman–Crippen LogP) is 6.08. The Kier molecular flexibility index (Phi) is 11.0. The van der Waals surface area contributed by atoms with Crippen molar-refractivity contribution in [2.75, 3.05) is 44.2 Å². The SMILES string of the molecule is CCCN(CCC)c1c(C)nc(-c2c(CC)cccc2CC)nc1OCCCN1C[C@@H](C)O[C@@H](C)C1. The van der Waals surface area contributed by atoms with E-state index in [1.807, 2.05) is 0 Å². The molecule has 2 aromatic rings. The number of hydrogen-bond donors (Lipinski definition) is 0. The van der Waals surface area contributed by atoms with E-state index in [1.165, 1.54) is 16.7 Å². The molecule has 2 atom stereocenters. The highest BCUT2D eigenvalue weighted by Gasteiger charge is 2.23. The van der Waals surface area contributed by atoms with Crippen LogP contribution in [0.1, 0.15) is 77.6 Å². The highest BCUT2D eigenvalue weighted by Crippen LogP contribution is 2.35. The third kappa shape index (κ3) is 7.19. The van der Waals surface area contributed by atoms with E-state index in [0.717, 1.165) is 87.9 Å². The fourth-order valence-electron chi connectivity index (χ4n) is 5.45. The molecule has 200 valence electrons. The topological polar surface area (TPSA) is 50.7 Å². The van der Waals surface area contributed by atoms with E-state index in [-0.39, 0.29) is 12.2 Å². The van der Waals surface area contributed by atoms with Crippen LogP contribution in [0.5, 0.6) is 5.88 Å². The molecule has 2 heterocycles. The summed E-state index contributed by atoms with van der Waals surface area (Å²) in [5, 5.41) is 0. The van der Waals surface area contributed by atoms with Gasteiger partial charge in [-0.25, -0.2) is 4.98 Å². The molecule has 1 saturated heterocycles. The van der Waals surface area contributed by atoms with Crippen LogP contribution in [0.4, 0.5) is 5.69 Å². The van der Waals surface area contributed by atoms with Crippen molar-refractivity contribution < 1.29 is 9.47 Å². The molecule has 6 nitrogen and oxygen atoms in total. The molecule has 36 heavy (non-hydrogen) atoms. The van der Waals surface area contributed by atoms with Crippen LogP contribution in [0.3, 0.4) is 0 Å². The predicted molar refractivity (Wildman–Crippen MR) is 150 cm³/mol. The van der Waals surface area contributed by atoms with Gasteiger partial charge in [-0.15, -0.1) is 0 Å².